The number of Topliss-reactive ketones (excluding diaryl/α,β-unsaturated/α-hetero) is 1. The van der Waals surface area contributed by atoms with Gasteiger partial charge in [-0.2, -0.15) is 5.10 Å². The fraction of sp³-hybridized carbons (Fsp3) is 0.462. The lowest BCUT2D eigenvalue weighted by Crippen LogP contribution is -2.39. The van der Waals surface area contributed by atoms with Crippen LogP contribution in [-0.2, 0) is 14.8 Å². The smallest absolute Gasteiger partial charge is 0.256 e. The van der Waals surface area contributed by atoms with Gasteiger partial charge in [0, 0.05) is 42.5 Å². The van der Waals surface area contributed by atoms with E-state index in [-0.39, 0.29) is 29.0 Å². The largest absolute Gasteiger partial charge is 0.390 e. The second-order valence-electron chi connectivity index (χ2n) is 10.4. The van der Waals surface area contributed by atoms with Crippen LogP contribution in [0.5, 0.6) is 0 Å². The lowest BCUT2D eigenvalue weighted by Gasteiger charge is -2.35. The zero-order chi connectivity index (χ0) is 28.1. The Bertz CT molecular complexity index is 1560. The van der Waals surface area contributed by atoms with Crippen molar-refractivity contribution in [2.24, 2.45) is 5.92 Å². The number of amides is 1. The third kappa shape index (κ3) is 5.59. The number of β-amino-alcohol motifs (C(OH)–C–C–N with tert-alkyl or cyclic N) is 1. The van der Waals surface area contributed by atoms with Crippen molar-refractivity contribution < 1.29 is 23.1 Å². The molecule has 5 rings (SSSR count). The maximum absolute atomic E-state index is 13.8. The van der Waals surface area contributed by atoms with Crippen molar-refractivity contribution in [1.82, 2.24) is 19.5 Å². The zero-order valence-electron chi connectivity index (χ0n) is 22.0. The fourth-order valence-electron chi connectivity index (χ4n) is 5.48. The van der Waals surface area contributed by atoms with Crippen molar-refractivity contribution in [2.75, 3.05) is 35.5 Å². The number of hydrogen-bond donors (Lipinski definition) is 2. The van der Waals surface area contributed by atoms with Crippen molar-refractivity contribution in [2.45, 2.75) is 45.3 Å². The van der Waals surface area contributed by atoms with Crippen LogP contribution in [-0.4, -0.2) is 76.7 Å². The van der Waals surface area contributed by atoms with Gasteiger partial charge in [0.1, 0.15) is 11.6 Å². The number of halogens is 1. The van der Waals surface area contributed by atoms with Crippen molar-refractivity contribution in [3.8, 4) is 0 Å². The lowest BCUT2D eigenvalue weighted by atomic mass is 9.98. The maximum Gasteiger partial charge on any atom is 0.256 e. The summed E-state index contributed by atoms with van der Waals surface area (Å²) in [6.07, 6.45) is 4.55. The number of rotatable bonds is 6. The number of carbonyl (C=O) groups is 2. The highest BCUT2D eigenvalue weighted by atomic mass is 35.5. The summed E-state index contributed by atoms with van der Waals surface area (Å²) < 4.78 is 27.9. The molecular formula is C26H31ClN6O5S. The molecule has 0 aliphatic carbocycles. The Morgan fingerprint density at radius 1 is 1.18 bits per heavy atom. The molecule has 208 valence electrons. The van der Waals surface area contributed by atoms with Crippen LogP contribution in [0.1, 0.15) is 53.8 Å². The quantitative estimate of drug-likeness (QED) is 0.458. The van der Waals surface area contributed by atoms with Gasteiger partial charge in [-0.15, -0.1) is 0 Å². The van der Waals surface area contributed by atoms with Crippen LogP contribution in [0.3, 0.4) is 0 Å². The molecule has 1 amide bonds. The standard InChI is InChI=1S/C26H31ClN6O5S/c1-15-12-33-24(28-25(15)31-13-19(16(2)34)23(35)14-31)11-21(29-33)22-6-4-5-9-32(22)26(36)18-10-17(27)7-8-20(18)30-39(3,37)38/h7-8,10-12,19,22-23,30,35H,4-6,9,13-14H2,1-3H3/t19-,22+,23+/m1/s1. The molecule has 3 aromatic rings. The van der Waals surface area contributed by atoms with E-state index in [0.717, 1.165) is 24.7 Å². The van der Waals surface area contributed by atoms with Crippen LogP contribution in [0.15, 0.2) is 30.5 Å². The van der Waals surface area contributed by atoms with Crippen LogP contribution < -0.4 is 9.62 Å². The number of sulfonamides is 1. The third-order valence-corrected chi connectivity index (χ3v) is 8.17. The topological polar surface area (TPSA) is 137 Å². The van der Waals surface area contributed by atoms with Crippen LogP contribution in [0.4, 0.5) is 11.5 Å². The highest BCUT2D eigenvalue weighted by molar-refractivity contribution is 7.92. The Kier molecular flexibility index (Phi) is 7.29. The highest BCUT2D eigenvalue weighted by Crippen LogP contribution is 2.35. The van der Waals surface area contributed by atoms with Crippen molar-refractivity contribution in [3.63, 3.8) is 0 Å². The molecule has 2 aromatic heterocycles. The summed E-state index contributed by atoms with van der Waals surface area (Å²) in [4.78, 5) is 34.1. The molecule has 39 heavy (non-hydrogen) atoms. The number of ketones is 1. The van der Waals surface area contributed by atoms with Crippen molar-refractivity contribution in [3.05, 3.63) is 52.3 Å². The summed E-state index contributed by atoms with van der Waals surface area (Å²) in [6.45, 7) is 4.60. The molecule has 0 saturated carbocycles. The number of nitrogens with zero attached hydrogens (tertiary/aromatic N) is 5. The number of hydrogen-bond acceptors (Lipinski definition) is 8. The third-order valence-electron chi connectivity index (χ3n) is 7.35. The van der Waals surface area contributed by atoms with Gasteiger partial charge >= 0.3 is 0 Å². The van der Waals surface area contributed by atoms with Gasteiger partial charge in [-0.05, 0) is 51.3 Å². The molecule has 2 aliphatic heterocycles. The number of anilines is 2. The molecule has 2 N–H and O–H groups in total. The molecule has 0 radical (unpaired) electrons. The minimum Gasteiger partial charge on any atom is -0.390 e. The summed E-state index contributed by atoms with van der Waals surface area (Å²) in [6, 6.07) is 6.01. The number of benzene rings is 1. The van der Waals surface area contributed by atoms with Gasteiger partial charge in [-0.3, -0.25) is 14.3 Å². The molecule has 0 spiro atoms. The van der Waals surface area contributed by atoms with Gasteiger partial charge in [-0.25, -0.2) is 17.9 Å². The van der Waals surface area contributed by atoms with Gasteiger partial charge in [0.2, 0.25) is 10.0 Å². The van der Waals surface area contributed by atoms with E-state index in [1.54, 1.807) is 9.42 Å². The van der Waals surface area contributed by atoms with Crippen LogP contribution in [0, 0.1) is 12.8 Å². The monoisotopic (exact) mass is 574 g/mol. The first-order valence-corrected chi connectivity index (χ1v) is 15.1. The molecule has 2 saturated heterocycles. The first-order valence-electron chi connectivity index (χ1n) is 12.8. The Morgan fingerprint density at radius 3 is 2.64 bits per heavy atom. The van der Waals surface area contributed by atoms with E-state index in [4.69, 9.17) is 21.7 Å². The van der Waals surface area contributed by atoms with Gasteiger partial charge in [0.15, 0.2) is 5.65 Å². The van der Waals surface area contributed by atoms with E-state index in [9.17, 15) is 23.1 Å². The molecule has 2 fully saturated rings. The number of aliphatic hydroxyl groups excluding tert-OH is 1. The Hall–Kier alpha value is -3.22. The summed E-state index contributed by atoms with van der Waals surface area (Å²) >= 11 is 6.19. The number of piperidine rings is 1. The molecule has 3 atom stereocenters. The van der Waals surface area contributed by atoms with Crippen LogP contribution >= 0.6 is 11.6 Å². The Balaban J connectivity index is 1.47. The molecule has 11 nitrogen and oxygen atoms in total. The number of aliphatic hydroxyl groups is 1. The molecular weight excluding hydrogens is 544 g/mol. The predicted octanol–water partition coefficient (Wildman–Crippen LogP) is 2.82. The molecule has 0 bridgehead atoms. The van der Waals surface area contributed by atoms with E-state index in [1.165, 1.54) is 25.1 Å². The van der Waals surface area contributed by atoms with E-state index < -0.39 is 22.0 Å². The second-order valence-corrected chi connectivity index (χ2v) is 12.6. The predicted molar refractivity (Wildman–Crippen MR) is 148 cm³/mol. The van der Waals surface area contributed by atoms with E-state index in [2.05, 4.69) is 4.72 Å². The van der Waals surface area contributed by atoms with Gasteiger partial charge < -0.3 is 14.9 Å². The van der Waals surface area contributed by atoms with Gasteiger partial charge in [0.05, 0.1) is 41.3 Å². The molecule has 4 heterocycles. The lowest BCUT2D eigenvalue weighted by molar-refractivity contribution is -0.122. The molecule has 0 unspecified atom stereocenters. The average molecular weight is 575 g/mol. The zero-order valence-corrected chi connectivity index (χ0v) is 23.5. The SMILES string of the molecule is CC(=O)[C@H]1CN(c2nc3cc([C@@H]4CCCCN4C(=O)c4cc(Cl)ccc4NS(C)(=O)=O)nn3cc2C)C[C@@H]1O. The van der Waals surface area contributed by atoms with E-state index in [1.807, 2.05) is 24.1 Å². The maximum atomic E-state index is 13.8. The van der Waals surface area contributed by atoms with Crippen molar-refractivity contribution in [1.29, 1.82) is 0 Å². The minimum absolute atomic E-state index is 0.0491. The van der Waals surface area contributed by atoms with Crippen LogP contribution in [0.2, 0.25) is 5.02 Å². The Morgan fingerprint density at radius 2 is 1.95 bits per heavy atom. The number of nitrogens with one attached hydrogen (secondary N) is 1. The Labute approximate surface area is 231 Å². The van der Waals surface area contributed by atoms with Crippen LogP contribution in [0.25, 0.3) is 5.65 Å². The first kappa shape index (κ1) is 27.4. The number of aryl methyl sites for hydroxylation is 1. The minimum atomic E-state index is -3.61. The van der Waals surface area contributed by atoms with Gasteiger partial charge in [0.25, 0.3) is 5.91 Å². The normalized spacial score (nSPS) is 21.9. The van der Waals surface area contributed by atoms with E-state index in [0.29, 0.717) is 48.2 Å². The van der Waals surface area contributed by atoms with Crippen molar-refractivity contribution >= 4 is 50.5 Å². The number of aromatic nitrogens is 3. The summed E-state index contributed by atoms with van der Waals surface area (Å²) in [7, 11) is -3.61. The highest BCUT2D eigenvalue weighted by Gasteiger charge is 2.36. The number of fused-ring (bicyclic) bond motifs is 1. The molecule has 2 aliphatic rings. The summed E-state index contributed by atoms with van der Waals surface area (Å²) in [5.41, 5.74) is 2.46. The number of likely N-dealkylation sites (tertiary alicyclic amines) is 1. The average Bonchev–Trinajstić information content (AvgIpc) is 3.46. The fourth-order valence-corrected chi connectivity index (χ4v) is 6.23. The molecule has 13 heteroatoms. The molecule has 1 aromatic carbocycles. The summed E-state index contributed by atoms with van der Waals surface area (Å²) in [5.74, 6) is -0.148. The number of carbonyl (C=O) groups excluding carboxylic acids is 2. The first-order chi connectivity index (χ1) is 18.4. The second kappa shape index (κ2) is 10.4. The van der Waals surface area contributed by atoms with E-state index >= 15 is 0 Å². The summed E-state index contributed by atoms with van der Waals surface area (Å²) in [5, 5.41) is 15.4. The van der Waals surface area contributed by atoms with Gasteiger partial charge in [-0.1, -0.05) is 11.6 Å².